The zero-order chi connectivity index (χ0) is 25.6. The molecule has 1 aliphatic carbocycles. The number of fused-ring (bicyclic) bond motifs is 2. The number of hydrogen-bond acceptors (Lipinski definition) is 6. The van der Waals surface area contributed by atoms with Gasteiger partial charge < -0.3 is 9.67 Å². The van der Waals surface area contributed by atoms with E-state index in [1.165, 1.54) is 0 Å². The van der Waals surface area contributed by atoms with Crippen LogP contribution in [0.4, 0.5) is 0 Å². The van der Waals surface area contributed by atoms with Crippen LogP contribution in [0.2, 0.25) is 0 Å². The lowest BCUT2D eigenvalue weighted by Crippen LogP contribution is -2.40. The number of rotatable bonds is 6. The number of Topliss-reactive ketones (excluding diaryl/α,β-unsaturated/α-hetero) is 1. The quantitative estimate of drug-likeness (QED) is 0.382. The van der Waals surface area contributed by atoms with Crippen LogP contribution in [-0.4, -0.2) is 41.7 Å². The summed E-state index contributed by atoms with van der Waals surface area (Å²) in [6, 6.07) is 11.9. The second kappa shape index (κ2) is 9.30. The Balaban J connectivity index is 1.18. The Morgan fingerprint density at radius 1 is 1.16 bits per heavy atom. The molecule has 1 N–H and O–H groups in total. The second-order valence-corrected chi connectivity index (χ2v) is 10.6. The van der Waals surface area contributed by atoms with E-state index in [9.17, 15) is 9.90 Å². The maximum atomic E-state index is 13.4. The summed E-state index contributed by atoms with van der Waals surface area (Å²) in [5.41, 5.74) is 6.78. The summed E-state index contributed by atoms with van der Waals surface area (Å²) in [5.74, 6) is 1.14. The lowest BCUT2D eigenvalue weighted by Gasteiger charge is -2.37. The first-order valence-corrected chi connectivity index (χ1v) is 13.0. The fourth-order valence-corrected chi connectivity index (χ4v) is 6.05. The van der Waals surface area contributed by atoms with Gasteiger partial charge in [0.2, 0.25) is 0 Å². The highest BCUT2D eigenvalue weighted by Gasteiger charge is 2.36. The summed E-state index contributed by atoms with van der Waals surface area (Å²) in [7, 11) is 0. The van der Waals surface area contributed by atoms with Gasteiger partial charge in [0.25, 0.3) is 0 Å². The first-order chi connectivity index (χ1) is 17.9. The van der Waals surface area contributed by atoms with Gasteiger partial charge in [0.05, 0.1) is 36.1 Å². The van der Waals surface area contributed by atoms with E-state index >= 15 is 0 Å². The third-order valence-electron chi connectivity index (χ3n) is 7.86. The van der Waals surface area contributed by atoms with Crippen LogP contribution in [0.25, 0.3) is 11.0 Å². The Morgan fingerprint density at radius 2 is 2.05 bits per heavy atom. The number of imidazole rings is 1. The standard InChI is InChI=1S/C30H31N5O2/c1-19-12-23(7-11-32-19)29-25-14-22(5-6-24(25)16-33-29)28(36)13-21-4-3-9-30(37,15-21)18-35-20(2)34-26-17-31-10-8-27(26)35/h5-8,10-12,14,17,21,37H,3-4,9,13,15-16,18H2,1-2H3/t21-,30-/m0/s1. The monoisotopic (exact) mass is 493 g/mol. The molecule has 1 saturated carbocycles. The number of aliphatic imine (C=N–C) groups is 1. The molecule has 6 rings (SSSR count). The molecule has 0 spiro atoms. The molecule has 37 heavy (non-hydrogen) atoms. The van der Waals surface area contributed by atoms with Crippen molar-refractivity contribution in [2.24, 2.45) is 10.9 Å². The van der Waals surface area contributed by atoms with Crippen LogP contribution in [0.5, 0.6) is 0 Å². The van der Waals surface area contributed by atoms with Gasteiger partial charge in [-0.25, -0.2) is 4.98 Å². The third-order valence-corrected chi connectivity index (χ3v) is 7.86. The smallest absolute Gasteiger partial charge is 0.163 e. The van der Waals surface area contributed by atoms with Crippen LogP contribution in [0.1, 0.15) is 70.7 Å². The Hall–Kier alpha value is -3.71. The summed E-state index contributed by atoms with van der Waals surface area (Å²) < 4.78 is 2.09. The van der Waals surface area contributed by atoms with Crippen molar-refractivity contribution < 1.29 is 9.90 Å². The summed E-state index contributed by atoms with van der Waals surface area (Å²) in [6.45, 7) is 5.05. The Kier molecular flexibility index (Phi) is 5.95. The predicted molar refractivity (Wildman–Crippen MR) is 143 cm³/mol. The third kappa shape index (κ3) is 4.60. The molecule has 188 valence electrons. The zero-order valence-electron chi connectivity index (χ0n) is 21.3. The highest BCUT2D eigenvalue weighted by Crippen LogP contribution is 2.37. The highest BCUT2D eigenvalue weighted by molar-refractivity contribution is 6.16. The number of carbonyl (C=O) groups is 1. The van der Waals surface area contributed by atoms with Crippen molar-refractivity contribution in [2.45, 2.75) is 64.6 Å². The van der Waals surface area contributed by atoms with E-state index in [4.69, 9.17) is 4.99 Å². The molecule has 2 aliphatic rings. The number of benzene rings is 1. The molecule has 1 fully saturated rings. The minimum Gasteiger partial charge on any atom is -0.388 e. The normalized spacial score (nSPS) is 21.2. The molecule has 0 bridgehead atoms. The van der Waals surface area contributed by atoms with E-state index in [1.54, 1.807) is 18.6 Å². The van der Waals surface area contributed by atoms with Gasteiger partial charge in [0.15, 0.2) is 5.78 Å². The average molecular weight is 494 g/mol. The van der Waals surface area contributed by atoms with Crippen LogP contribution in [0.3, 0.4) is 0 Å². The lowest BCUT2D eigenvalue weighted by molar-refractivity contribution is -0.0298. The molecular formula is C30H31N5O2. The van der Waals surface area contributed by atoms with Gasteiger partial charge in [-0.05, 0) is 68.9 Å². The molecule has 3 aromatic heterocycles. The maximum Gasteiger partial charge on any atom is 0.163 e. The Bertz CT molecular complexity index is 1540. The topological polar surface area (TPSA) is 93.3 Å². The molecule has 0 unspecified atom stereocenters. The van der Waals surface area contributed by atoms with Crippen molar-refractivity contribution in [3.8, 4) is 0 Å². The van der Waals surface area contributed by atoms with Crippen LogP contribution < -0.4 is 0 Å². The summed E-state index contributed by atoms with van der Waals surface area (Å²) in [6.07, 6.45) is 8.95. The second-order valence-electron chi connectivity index (χ2n) is 10.6. The van der Waals surface area contributed by atoms with E-state index in [2.05, 4.69) is 19.5 Å². The molecule has 0 radical (unpaired) electrons. The molecule has 1 aromatic carbocycles. The number of hydrogen-bond donors (Lipinski definition) is 1. The molecule has 0 saturated heterocycles. The van der Waals surface area contributed by atoms with Gasteiger partial charge in [-0.2, -0.15) is 0 Å². The maximum absolute atomic E-state index is 13.4. The van der Waals surface area contributed by atoms with Crippen molar-refractivity contribution in [1.82, 2.24) is 19.5 Å². The molecule has 1 aliphatic heterocycles. The van der Waals surface area contributed by atoms with E-state index in [0.717, 1.165) is 69.8 Å². The van der Waals surface area contributed by atoms with Gasteiger partial charge in [-0.15, -0.1) is 0 Å². The van der Waals surface area contributed by atoms with Gasteiger partial charge in [0, 0.05) is 41.2 Å². The fourth-order valence-electron chi connectivity index (χ4n) is 6.05. The van der Waals surface area contributed by atoms with Crippen molar-refractivity contribution >= 4 is 22.5 Å². The molecule has 4 aromatic rings. The number of aromatic nitrogens is 4. The van der Waals surface area contributed by atoms with Gasteiger partial charge in [-0.3, -0.25) is 19.8 Å². The largest absolute Gasteiger partial charge is 0.388 e. The summed E-state index contributed by atoms with van der Waals surface area (Å²) >= 11 is 0. The van der Waals surface area contributed by atoms with Crippen molar-refractivity contribution in [3.05, 3.63) is 88.8 Å². The van der Waals surface area contributed by atoms with Gasteiger partial charge >= 0.3 is 0 Å². The number of carbonyl (C=O) groups excluding carboxylic acids is 1. The number of aliphatic hydroxyl groups is 1. The number of nitrogens with zero attached hydrogens (tertiary/aromatic N) is 5. The van der Waals surface area contributed by atoms with Crippen molar-refractivity contribution in [3.63, 3.8) is 0 Å². The predicted octanol–water partition coefficient (Wildman–Crippen LogP) is 4.99. The van der Waals surface area contributed by atoms with Crippen LogP contribution in [0, 0.1) is 19.8 Å². The summed E-state index contributed by atoms with van der Waals surface area (Å²) in [5, 5.41) is 11.6. The highest BCUT2D eigenvalue weighted by atomic mass is 16.3. The van der Waals surface area contributed by atoms with E-state index in [-0.39, 0.29) is 11.7 Å². The lowest BCUT2D eigenvalue weighted by atomic mass is 9.75. The molecular weight excluding hydrogens is 462 g/mol. The Morgan fingerprint density at radius 3 is 2.92 bits per heavy atom. The molecule has 7 heteroatoms. The van der Waals surface area contributed by atoms with Crippen LogP contribution >= 0.6 is 0 Å². The first kappa shape index (κ1) is 23.7. The number of pyridine rings is 2. The molecule has 7 nitrogen and oxygen atoms in total. The Labute approximate surface area is 216 Å². The van der Waals surface area contributed by atoms with E-state index in [0.29, 0.717) is 25.9 Å². The number of aryl methyl sites for hydroxylation is 2. The minimum atomic E-state index is -0.859. The van der Waals surface area contributed by atoms with Gasteiger partial charge in [-0.1, -0.05) is 18.6 Å². The van der Waals surface area contributed by atoms with Crippen LogP contribution in [0.15, 0.2) is 60.0 Å². The van der Waals surface area contributed by atoms with Crippen LogP contribution in [-0.2, 0) is 13.1 Å². The summed E-state index contributed by atoms with van der Waals surface area (Å²) in [4.78, 5) is 31.2. The first-order valence-electron chi connectivity index (χ1n) is 13.0. The fraction of sp³-hybridized carbons (Fsp3) is 0.367. The molecule has 0 amide bonds. The van der Waals surface area contributed by atoms with E-state index in [1.807, 2.05) is 50.2 Å². The SMILES string of the molecule is Cc1cc(C2=NCc3ccc(C(=O)C[C@@H]4CCC[C@@](O)(Cn5c(C)nc6cnccc65)C4)cc32)ccn1. The van der Waals surface area contributed by atoms with Crippen molar-refractivity contribution in [2.75, 3.05) is 0 Å². The zero-order valence-corrected chi connectivity index (χ0v) is 21.3. The van der Waals surface area contributed by atoms with E-state index < -0.39 is 5.60 Å². The average Bonchev–Trinajstić information content (AvgIpc) is 3.44. The van der Waals surface area contributed by atoms with Crippen molar-refractivity contribution in [1.29, 1.82) is 0 Å². The number of ketones is 1. The van der Waals surface area contributed by atoms with Gasteiger partial charge in [0.1, 0.15) is 11.3 Å². The minimum absolute atomic E-state index is 0.129. The molecule has 2 atom stereocenters. The molecule has 4 heterocycles.